The molecule has 1 amide bonds. The predicted octanol–water partition coefficient (Wildman–Crippen LogP) is 4.74. The first kappa shape index (κ1) is 16.5. The van der Waals surface area contributed by atoms with Gasteiger partial charge < -0.3 is 0 Å². The summed E-state index contributed by atoms with van der Waals surface area (Å²) in [6.45, 7) is 1.96. The number of benzene rings is 1. The zero-order valence-electron chi connectivity index (χ0n) is 10.6. The van der Waals surface area contributed by atoms with Gasteiger partial charge in [-0.25, -0.2) is 4.39 Å². The second-order valence-electron chi connectivity index (χ2n) is 3.83. The molecule has 0 aliphatic heterocycles. The normalized spacial score (nSPS) is 9.95. The van der Waals surface area contributed by atoms with E-state index in [0.717, 1.165) is 36.7 Å². The first-order valence-corrected chi connectivity index (χ1v) is 6.98. The molecule has 0 fully saturated rings. The molecule has 0 N–H and O–H groups in total. The monoisotopic (exact) mass is 315 g/mol. The van der Waals surface area contributed by atoms with E-state index in [1.807, 2.05) is 6.92 Å². The molecule has 1 aromatic rings. The van der Waals surface area contributed by atoms with Crippen molar-refractivity contribution in [3.05, 3.63) is 39.0 Å². The third-order valence-corrected chi connectivity index (χ3v) is 3.76. The SMILES string of the molecule is CCCCC(=O)Sc1cc(C(=O)N=[N+]=[N-])c(F)cc1Cl. The molecule has 8 heteroatoms. The number of unbranched alkanes of at least 4 members (excludes halogenated alkanes) is 1. The summed E-state index contributed by atoms with van der Waals surface area (Å²) < 4.78 is 13.6. The van der Waals surface area contributed by atoms with Gasteiger partial charge >= 0.3 is 0 Å². The van der Waals surface area contributed by atoms with Crippen LogP contribution >= 0.6 is 23.4 Å². The van der Waals surface area contributed by atoms with Crippen molar-refractivity contribution in [1.29, 1.82) is 0 Å². The Morgan fingerprint density at radius 2 is 2.20 bits per heavy atom. The summed E-state index contributed by atoms with van der Waals surface area (Å²) >= 11 is 6.68. The van der Waals surface area contributed by atoms with Crippen LogP contribution in [0.4, 0.5) is 4.39 Å². The molecule has 0 aliphatic carbocycles. The van der Waals surface area contributed by atoms with E-state index in [1.54, 1.807) is 0 Å². The number of azide groups is 1. The molecule has 1 aromatic carbocycles. The number of carbonyl (C=O) groups is 2. The molecule has 0 saturated heterocycles. The van der Waals surface area contributed by atoms with E-state index in [4.69, 9.17) is 17.1 Å². The van der Waals surface area contributed by atoms with Crippen molar-refractivity contribution in [3.63, 3.8) is 0 Å². The number of halogens is 2. The van der Waals surface area contributed by atoms with Gasteiger partial charge in [0, 0.05) is 16.2 Å². The zero-order chi connectivity index (χ0) is 15.1. The van der Waals surface area contributed by atoms with E-state index in [-0.39, 0.29) is 15.0 Å². The predicted molar refractivity (Wildman–Crippen MR) is 75.3 cm³/mol. The van der Waals surface area contributed by atoms with Crippen LogP contribution < -0.4 is 0 Å². The minimum atomic E-state index is -1.05. The first-order valence-electron chi connectivity index (χ1n) is 5.78. The molecule has 106 valence electrons. The Morgan fingerprint density at radius 1 is 1.50 bits per heavy atom. The maximum absolute atomic E-state index is 13.6. The van der Waals surface area contributed by atoms with Gasteiger partial charge in [-0.2, -0.15) is 0 Å². The Bertz CT molecular complexity index is 588. The molecule has 0 saturated carbocycles. The van der Waals surface area contributed by atoms with Crippen molar-refractivity contribution in [2.24, 2.45) is 5.11 Å². The van der Waals surface area contributed by atoms with E-state index in [1.165, 1.54) is 0 Å². The number of hydrogen-bond acceptors (Lipinski definition) is 3. The van der Waals surface area contributed by atoms with Gasteiger partial charge in [0.15, 0.2) is 5.12 Å². The van der Waals surface area contributed by atoms with E-state index in [9.17, 15) is 14.0 Å². The van der Waals surface area contributed by atoms with Crippen molar-refractivity contribution < 1.29 is 14.0 Å². The zero-order valence-corrected chi connectivity index (χ0v) is 12.2. The van der Waals surface area contributed by atoms with Gasteiger partial charge in [-0.05, 0) is 29.2 Å². The second kappa shape index (κ2) is 7.89. The lowest BCUT2D eigenvalue weighted by Gasteiger charge is -2.06. The van der Waals surface area contributed by atoms with Crippen LogP contribution in [0.15, 0.2) is 22.1 Å². The highest BCUT2D eigenvalue weighted by molar-refractivity contribution is 8.13. The third kappa shape index (κ3) is 4.52. The average molecular weight is 316 g/mol. The number of hydrogen-bond donors (Lipinski definition) is 0. The van der Waals surface area contributed by atoms with Gasteiger partial charge in [-0.3, -0.25) is 9.59 Å². The molecule has 5 nitrogen and oxygen atoms in total. The highest BCUT2D eigenvalue weighted by Gasteiger charge is 2.16. The van der Waals surface area contributed by atoms with Crippen molar-refractivity contribution in [1.82, 2.24) is 0 Å². The fraction of sp³-hybridized carbons (Fsp3) is 0.333. The van der Waals surface area contributed by atoms with Crippen LogP contribution in [-0.4, -0.2) is 11.0 Å². The summed E-state index contributed by atoms with van der Waals surface area (Å²) in [6, 6.07) is 2.06. The lowest BCUT2D eigenvalue weighted by molar-refractivity contribution is -0.111. The van der Waals surface area contributed by atoms with Crippen LogP contribution in [0.5, 0.6) is 0 Å². The highest BCUT2D eigenvalue weighted by Crippen LogP contribution is 2.31. The van der Waals surface area contributed by atoms with Crippen LogP contribution in [0.2, 0.25) is 5.02 Å². The topological polar surface area (TPSA) is 82.9 Å². The van der Waals surface area contributed by atoms with Crippen LogP contribution in [0.1, 0.15) is 36.5 Å². The Balaban J connectivity index is 3.02. The smallest absolute Gasteiger partial charge is 0.252 e. The van der Waals surface area contributed by atoms with Gasteiger partial charge in [-0.15, -0.1) is 0 Å². The minimum absolute atomic E-state index is 0.0369. The molecule has 0 aliphatic rings. The maximum Gasteiger partial charge on any atom is 0.252 e. The average Bonchev–Trinajstić information content (AvgIpc) is 2.39. The molecule has 20 heavy (non-hydrogen) atoms. The fourth-order valence-electron chi connectivity index (χ4n) is 1.36. The Labute approximate surface area is 124 Å². The third-order valence-electron chi connectivity index (χ3n) is 2.35. The molecule has 0 heterocycles. The molecule has 0 unspecified atom stereocenters. The number of carbonyl (C=O) groups excluding carboxylic acids is 2. The number of thioether (sulfide) groups is 1. The number of amides is 1. The van der Waals surface area contributed by atoms with Crippen LogP contribution in [0.3, 0.4) is 0 Å². The lowest BCUT2D eigenvalue weighted by Crippen LogP contribution is -2.00. The number of nitrogens with zero attached hydrogens (tertiary/aromatic N) is 3. The lowest BCUT2D eigenvalue weighted by atomic mass is 10.2. The molecule has 0 bridgehead atoms. The molecule has 1 rings (SSSR count). The van der Waals surface area contributed by atoms with Crippen molar-refractivity contribution >= 4 is 34.4 Å². The molecular weight excluding hydrogens is 305 g/mol. The Hall–Kier alpha value is -1.56. The van der Waals surface area contributed by atoms with Crippen LogP contribution in [-0.2, 0) is 4.79 Å². The molecule has 0 aromatic heterocycles. The Morgan fingerprint density at radius 3 is 2.80 bits per heavy atom. The van der Waals surface area contributed by atoms with Crippen LogP contribution in [0, 0.1) is 5.82 Å². The minimum Gasteiger partial charge on any atom is -0.287 e. The summed E-state index contributed by atoms with van der Waals surface area (Å²) in [5.74, 6) is -1.94. The molecule has 0 atom stereocenters. The van der Waals surface area contributed by atoms with Gasteiger partial charge in [0.1, 0.15) is 5.82 Å². The number of rotatable bonds is 5. The summed E-state index contributed by atoms with van der Waals surface area (Å²) in [5.41, 5.74) is 7.78. The molecule has 0 spiro atoms. The van der Waals surface area contributed by atoms with Crippen LogP contribution in [0.25, 0.3) is 10.4 Å². The van der Waals surface area contributed by atoms with Gasteiger partial charge in [0.25, 0.3) is 5.91 Å². The van der Waals surface area contributed by atoms with Gasteiger partial charge in [0.2, 0.25) is 0 Å². The van der Waals surface area contributed by atoms with Crippen molar-refractivity contribution in [3.8, 4) is 0 Å². The summed E-state index contributed by atoms with van der Waals surface area (Å²) in [7, 11) is 0. The highest BCUT2D eigenvalue weighted by atomic mass is 35.5. The summed E-state index contributed by atoms with van der Waals surface area (Å²) in [4.78, 5) is 25.6. The molecular formula is C12H11ClFN3O2S. The summed E-state index contributed by atoms with van der Waals surface area (Å²) in [5, 5.41) is 2.73. The second-order valence-corrected chi connectivity index (χ2v) is 5.34. The Kier molecular flexibility index (Phi) is 6.51. The van der Waals surface area contributed by atoms with Crippen molar-refractivity contribution in [2.45, 2.75) is 31.1 Å². The fourth-order valence-corrected chi connectivity index (χ4v) is 2.45. The molecule has 0 radical (unpaired) electrons. The summed E-state index contributed by atoms with van der Waals surface area (Å²) in [6.07, 6.45) is 1.99. The van der Waals surface area contributed by atoms with E-state index in [0.29, 0.717) is 6.42 Å². The first-order chi connectivity index (χ1) is 9.49. The van der Waals surface area contributed by atoms with Gasteiger partial charge in [0.05, 0.1) is 10.6 Å². The largest absolute Gasteiger partial charge is 0.287 e. The van der Waals surface area contributed by atoms with Crippen molar-refractivity contribution in [2.75, 3.05) is 0 Å². The quantitative estimate of drug-likeness (QED) is 0.340. The standard InChI is InChI=1S/C12H11ClFN3O2S/c1-2-3-4-11(18)20-10-5-7(12(19)16-17-15)9(14)6-8(10)13/h5-6H,2-4H2,1H3. The maximum atomic E-state index is 13.6. The van der Waals surface area contributed by atoms with E-state index >= 15 is 0 Å². The van der Waals surface area contributed by atoms with E-state index in [2.05, 4.69) is 10.0 Å². The van der Waals surface area contributed by atoms with E-state index < -0.39 is 17.3 Å². The van der Waals surface area contributed by atoms with Gasteiger partial charge in [-0.1, -0.05) is 36.7 Å².